The molecule has 0 aliphatic carbocycles. The Kier molecular flexibility index (Phi) is 3.16. The molecule has 5 nitrogen and oxygen atoms in total. The lowest BCUT2D eigenvalue weighted by molar-refractivity contribution is 0.102. The van der Waals surface area contributed by atoms with Gasteiger partial charge in [0, 0.05) is 5.39 Å². The van der Waals surface area contributed by atoms with Crippen molar-refractivity contribution >= 4 is 22.5 Å². The van der Waals surface area contributed by atoms with E-state index in [1.807, 2.05) is 0 Å². The molecule has 3 rings (SSSR count). The second-order valence-corrected chi connectivity index (χ2v) is 4.52. The Bertz CT molecular complexity index is 831. The number of hydrogen-bond acceptors (Lipinski definition) is 4. The van der Waals surface area contributed by atoms with Crippen LogP contribution in [-0.2, 0) is 0 Å². The molecule has 1 aromatic heterocycles. The van der Waals surface area contributed by atoms with E-state index in [-0.39, 0.29) is 17.2 Å². The maximum atomic E-state index is 12.2. The smallest absolute Gasteiger partial charge is 0.274 e. The molecule has 1 amide bonds. The van der Waals surface area contributed by atoms with Gasteiger partial charge in [0.05, 0.1) is 5.69 Å². The standard InChI is InChI=1S/C16H12N2O3/c19-13-6-2-1-5-11(13)18-16(21)12-9-8-10-4-3-7-14(20)15(10)17-12/h1-9,19-20H,(H,18,21). The molecule has 0 radical (unpaired) electrons. The van der Waals surface area contributed by atoms with E-state index in [1.165, 1.54) is 12.1 Å². The van der Waals surface area contributed by atoms with Gasteiger partial charge in [0.2, 0.25) is 0 Å². The minimum atomic E-state index is -0.457. The number of phenols is 2. The maximum Gasteiger partial charge on any atom is 0.274 e. The summed E-state index contributed by atoms with van der Waals surface area (Å²) in [6.45, 7) is 0. The van der Waals surface area contributed by atoms with Gasteiger partial charge in [-0.2, -0.15) is 0 Å². The number of aromatic nitrogens is 1. The summed E-state index contributed by atoms with van der Waals surface area (Å²) in [5.74, 6) is -0.458. The molecule has 0 fully saturated rings. The van der Waals surface area contributed by atoms with E-state index in [4.69, 9.17) is 0 Å². The molecule has 0 saturated carbocycles. The zero-order chi connectivity index (χ0) is 14.8. The van der Waals surface area contributed by atoms with Crippen molar-refractivity contribution in [2.24, 2.45) is 0 Å². The Morgan fingerprint density at radius 3 is 2.48 bits per heavy atom. The lowest BCUT2D eigenvalue weighted by Crippen LogP contribution is -2.13. The van der Waals surface area contributed by atoms with Crippen LogP contribution in [0.2, 0.25) is 0 Å². The Morgan fingerprint density at radius 1 is 0.905 bits per heavy atom. The van der Waals surface area contributed by atoms with E-state index in [0.29, 0.717) is 11.2 Å². The van der Waals surface area contributed by atoms with Crippen LogP contribution in [0.4, 0.5) is 5.69 Å². The zero-order valence-corrected chi connectivity index (χ0v) is 10.9. The van der Waals surface area contributed by atoms with Crippen LogP contribution < -0.4 is 5.32 Å². The van der Waals surface area contributed by atoms with E-state index in [1.54, 1.807) is 42.5 Å². The van der Waals surface area contributed by atoms with E-state index < -0.39 is 5.91 Å². The van der Waals surface area contributed by atoms with Crippen LogP contribution in [0, 0.1) is 0 Å². The molecule has 0 spiro atoms. The molecule has 3 aromatic rings. The number of amides is 1. The normalized spacial score (nSPS) is 10.5. The number of para-hydroxylation sites is 3. The third-order valence-corrected chi connectivity index (χ3v) is 3.08. The molecule has 0 unspecified atom stereocenters. The number of fused-ring (bicyclic) bond motifs is 1. The molecule has 104 valence electrons. The lowest BCUT2D eigenvalue weighted by atomic mass is 10.2. The van der Waals surface area contributed by atoms with Crippen molar-refractivity contribution in [3.63, 3.8) is 0 Å². The summed E-state index contributed by atoms with van der Waals surface area (Å²) >= 11 is 0. The molecule has 5 heteroatoms. The number of anilines is 1. The minimum Gasteiger partial charge on any atom is -0.506 e. The highest BCUT2D eigenvalue weighted by molar-refractivity contribution is 6.05. The quantitative estimate of drug-likeness (QED) is 0.630. The highest BCUT2D eigenvalue weighted by Gasteiger charge is 2.11. The molecule has 0 bridgehead atoms. The molecular weight excluding hydrogens is 268 g/mol. The number of carbonyl (C=O) groups is 1. The monoisotopic (exact) mass is 280 g/mol. The Hall–Kier alpha value is -3.08. The van der Waals surface area contributed by atoms with Crippen molar-refractivity contribution in [2.75, 3.05) is 5.32 Å². The van der Waals surface area contributed by atoms with Gasteiger partial charge >= 0.3 is 0 Å². The Balaban J connectivity index is 1.95. The van der Waals surface area contributed by atoms with Crippen LogP contribution in [0.5, 0.6) is 11.5 Å². The summed E-state index contributed by atoms with van der Waals surface area (Å²) in [6, 6.07) is 14.7. The van der Waals surface area contributed by atoms with E-state index >= 15 is 0 Å². The van der Waals surface area contributed by atoms with Crippen LogP contribution in [0.15, 0.2) is 54.6 Å². The predicted molar refractivity (Wildman–Crippen MR) is 79.5 cm³/mol. The van der Waals surface area contributed by atoms with Gasteiger partial charge in [0.15, 0.2) is 0 Å². The van der Waals surface area contributed by atoms with Gasteiger partial charge in [-0.15, -0.1) is 0 Å². The second-order valence-electron chi connectivity index (χ2n) is 4.52. The summed E-state index contributed by atoms with van der Waals surface area (Å²) in [5.41, 5.74) is 0.830. The molecular formula is C16H12N2O3. The van der Waals surface area contributed by atoms with E-state index in [0.717, 1.165) is 5.39 Å². The van der Waals surface area contributed by atoms with Gasteiger partial charge in [-0.3, -0.25) is 4.79 Å². The van der Waals surface area contributed by atoms with Crippen LogP contribution >= 0.6 is 0 Å². The Morgan fingerprint density at radius 2 is 1.67 bits per heavy atom. The summed E-state index contributed by atoms with van der Waals surface area (Å²) < 4.78 is 0. The van der Waals surface area contributed by atoms with Crippen molar-refractivity contribution in [3.05, 3.63) is 60.3 Å². The fraction of sp³-hybridized carbons (Fsp3) is 0. The van der Waals surface area contributed by atoms with E-state index in [2.05, 4.69) is 10.3 Å². The minimum absolute atomic E-state index is 0.0182. The number of pyridine rings is 1. The number of hydrogen-bond donors (Lipinski definition) is 3. The van der Waals surface area contributed by atoms with Crippen LogP contribution in [-0.4, -0.2) is 21.1 Å². The molecule has 1 heterocycles. The first-order chi connectivity index (χ1) is 10.1. The topological polar surface area (TPSA) is 82.5 Å². The van der Waals surface area contributed by atoms with E-state index in [9.17, 15) is 15.0 Å². The summed E-state index contributed by atoms with van der Waals surface area (Å²) in [5, 5.41) is 22.7. The summed E-state index contributed by atoms with van der Waals surface area (Å²) in [6.07, 6.45) is 0. The van der Waals surface area contributed by atoms with Gasteiger partial charge in [-0.25, -0.2) is 4.98 Å². The average molecular weight is 280 g/mol. The van der Waals surface area contributed by atoms with Crippen LogP contribution in [0.3, 0.4) is 0 Å². The van der Waals surface area contributed by atoms with Crippen molar-refractivity contribution in [2.45, 2.75) is 0 Å². The molecule has 0 aliphatic rings. The van der Waals surface area contributed by atoms with Gasteiger partial charge in [-0.1, -0.05) is 30.3 Å². The molecule has 21 heavy (non-hydrogen) atoms. The predicted octanol–water partition coefficient (Wildman–Crippen LogP) is 2.90. The van der Waals surface area contributed by atoms with Crippen molar-refractivity contribution < 1.29 is 15.0 Å². The maximum absolute atomic E-state index is 12.2. The van der Waals surface area contributed by atoms with Crippen molar-refractivity contribution in [1.29, 1.82) is 0 Å². The van der Waals surface area contributed by atoms with Crippen LogP contribution in [0.1, 0.15) is 10.5 Å². The molecule has 0 aliphatic heterocycles. The largest absolute Gasteiger partial charge is 0.506 e. The highest BCUT2D eigenvalue weighted by atomic mass is 16.3. The number of nitrogens with zero attached hydrogens (tertiary/aromatic N) is 1. The van der Waals surface area contributed by atoms with Gasteiger partial charge in [0.1, 0.15) is 22.7 Å². The first-order valence-corrected chi connectivity index (χ1v) is 6.33. The number of rotatable bonds is 2. The van der Waals surface area contributed by atoms with Crippen LogP contribution in [0.25, 0.3) is 10.9 Å². The third kappa shape index (κ3) is 2.49. The summed E-state index contributed by atoms with van der Waals surface area (Å²) in [4.78, 5) is 16.3. The average Bonchev–Trinajstić information content (AvgIpc) is 2.50. The number of benzene rings is 2. The third-order valence-electron chi connectivity index (χ3n) is 3.08. The number of nitrogens with one attached hydrogen (secondary N) is 1. The molecule has 0 atom stereocenters. The zero-order valence-electron chi connectivity index (χ0n) is 10.9. The fourth-order valence-electron chi connectivity index (χ4n) is 2.02. The second kappa shape index (κ2) is 5.13. The Labute approximate surface area is 120 Å². The molecule has 2 aromatic carbocycles. The first-order valence-electron chi connectivity index (χ1n) is 6.33. The van der Waals surface area contributed by atoms with Crippen molar-refractivity contribution in [3.8, 4) is 11.5 Å². The number of aromatic hydroxyl groups is 2. The lowest BCUT2D eigenvalue weighted by Gasteiger charge is -2.07. The fourth-order valence-corrected chi connectivity index (χ4v) is 2.02. The molecule has 3 N–H and O–H groups in total. The molecule has 0 saturated heterocycles. The van der Waals surface area contributed by atoms with Gasteiger partial charge in [0.25, 0.3) is 5.91 Å². The van der Waals surface area contributed by atoms with Gasteiger partial charge in [-0.05, 0) is 24.3 Å². The van der Waals surface area contributed by atoms with Crippen molar-refractivity contribution in [1.82, 2.24) is 4.98 Å². The first kappa shape index (κ1) is 12.9. The highest BCUT2D eigenvalue weighted by Crippen LogP contribution is 2.24. The van der Waals surface area contributed by atoms with Gasteiger partial charge < -0.3 is 15.5 Å². The number of carbonyl (C=O) groups excluding carboxylic acids is 1. The summed E-state index contributed by atoms with van der Waals surface area (Å²) in [7, 11) is 0. The number of phenolic OH excluding ortho intramolecular Hbond substituents is 2. The SMILES string of the molecule is O=C(Nc1ccccc1O)c1ccc2cccc(O)c2n1.